The second-order valence-electron chi connectivity index (χ2n) is 4.41. The van der Waals surface area contributed by atoms with E-state index in [1.54, 1.807) is 28.6 Å². The summed E-state index contributed by atoms with van der Waals surface area (Å²) in [6.07, 6.45) is 4.77. The fourth-order valence-electron chi connectivity index (χ4n) is 2.41. The van der Waals surface area contributed by atoms with E-state index in [2.05, 4.69) is 0 Å². The zero-order valence-electron chi connectivity index (χ0n) is 9.52. The third-order valence-electron chi connectivity index (χ3n) is 3.30. The summed E-state index contributed by atoms with van der Waals surface area (Å²) in [7, 11) is -1.42. The molecule has 1 fully saturated rings. The molecule has 2 heterocycles. The lowest BCUT2D eigenvalue weighted by Crippen LogP contribution is -2.23. The predicted molar refractivity (Wildman–Crippen MR) is 64.6 cm³/mol. The molecule has 5 heteroatoms. The average Bonchev–Trinajstić information content (AvgIpc) is 3.07. The maximum atomic E-state index is 12.4. The van der Waals surface area contributed by atoms with Crippen LogP contribution < -0.4 is 0 Å². The van der Waals surface area contributed by atoms with E-state index < -0.39 is 10.0 Å². The molecule has 4 nitrogen and oxygen atoms in total. The molecule has 0 amide bonds. The summed E-state index contributed by atoms with van der Waals surface area (Å²) in [5.41, 5.74) is 0. The van der Waals surface area contributed by atoms with E-state index in [-0.39, 0.29) is 12.2 Å². The molecule has 1 aromatic rings. The van der Waals surface area contributed by atoms with Crippen molar-refractivity contribution < 1.29 is 8.42 Å². The van der Waals surface area contributed by atoms with Crippen LogP contribution in [0.3, 0.4) is 0 Å². The lowest BCUT2D eigenvalue weighted by Gasteiger charge is -2.15. The third kappa shape index (κ3) is 1.57. The Morgan fingerprint density at radius 1 is 1.24 bits per heavy atom. The van der Waals surface area contributed by atoms with Crippen molar-refractivity contribution in [2.75, 3.05) is 7.05 Å². The highest BCUT2D eigenvalue weighted by Gasteiger charge is 2.57. The van der Waals surface area contributed by atoms with Gasteiger partial charge in [0, 0.05) is 7.05 Å². The number of nitrogens with zero attached hydrogens (tertiary/aromatic N) is 2. The lowest BCUT2D eigenvalue weighted by atomic mass is 10.2. The van der Waals surface area contributed by atoms with E-state index in [0.29, 0.717) is 4.90 Å². The van der Waals surface area contributed by atoms with Crippen molar-refractivity contribution in [1.82, 2.24) is 9.21 Å². The lowest BCUT2D eigenvalue weighted by molar-refractivity contribution is 0.388. The van der Waals surface area contributed by atoms with Crippen molar-refractivity contribution in [3.63, 3.8) is 0 Å². The van der Waals surface area contributed by atoms with E-state index in [0.717, 1.165) is 6.42 Å². The zero-order valence-corrected chi connectivity index (χ0v) is 10.3. The first-order valence-electron chi connectivity index (χ1n) is 5.59. The normalized spacial score (nSPS) is 31.1. The van der Waals surface area contributed by atoms with Gasteiger partial charge in [0.05, 0.1) is 10.9 Å². The molecule has 1 saturated heterocycles. The molecule has 0 spiro atoms. The molecule has 1 unspecified atom stereocenters. The van der Waals surface area contributed by atoms with Gasteiger partial charge < -0.3 is 4.90 Å². The summed E-state index contributed by atoms with van der Waals surface area (Å²) in [5, 5.41) is 0. The van der Waals surface area contributed by atoms with Crippen molar-refractivity contribution >= 4 is 10.0 Å². The first kappa shape index (κ1) is 10.8. The topological polar surface area (TPSA) is 40.4 Å². The molecule has 0 aliphatic carbocycles. The Hall–Kier alpha value is -1.33. The van der Waals surface area contributed by atoms with Crippen LogP contribution in [-0.4, -0.2) is 36.9 Å². The Labute approximate surface area is 101 Å². The zero-order chi connectivity index (χ0) is 12.0. The monoisotopic (exact) mass is 250 g/mol. The predicted octanol–water partition coefficient (Wildman–Crippen LogP) is 1.23. The minimum Gasteiger partial charge on any atom is -0.363 e. The second-order valence-corrected chi connectivity index (χ2v) is 6.26. The minimum absolute atomic E-state index is 0.00482. The molecule has 0 saturated carbocycles. The fourth-order valence-corrected chi connectivity index (χ4v) is 4.22. The molecule has 3 rings (SSSR count). The van der Waals surface area contributed by atoms with Crippen LogP contribution in [0.4, 0.5) is 0 Å². The van der Waals surface area contributed by atoms with Gasteiger partial charge in [-0.25, -0.2) is 8.42 Å². The van der Waals surface area contributed by atoms with Gasteiger partial charge in [0.15, 0.2) is 0 Å². The summed E-state index contributed by atoms with van der Waals surface area (Å²) in [6.45, 7) is 0. The molecular formula is C12H14N2O2S. The molecule has 17 heavy (non-hydrogen) atoms. The van der Waals surface area contributed by atoms with E-state index in [4.69, 9.17) is 0 Å². The van der Waals surface area contributed by atoms with E-state index in [9.17, 15) is 8.42 Å². The van der Waals surface area contributed by atoms with Crippen LogP contribution in [0.5, 0.6) is 0 Å². The Bertz CT molecular complexity index is 553. The highest BCUT2D eigenvalue weighted by Crippen LogP contribution is 2.41. The van der Waals surface area contributed by atoms with Gasteiger partial charge in [0.1, 0.15) is 6.17 Å². The van der Waals surface area contributed by atoms with Gasteiger partial charge in [-0.05, 0) is 24.8 Å². The van der Waals surface area contributed by atoms with Gasteiger partial charge in [-0.1, -0.05) is 24.3 Å². The first-order chi connectivity index (χ1) is 8.12. The highest BCUT2D eigenvalue weighted by atomic mass is 32.2. The van der Waals surface area contributed by atoms with Crippen molar-refractivity contribution in [2.45, 2.75) is 23.5 Å². The van der Waals surface area contributed by atoms with Crippen molar-refractivity contribution in [2.24, 2.45) is 0 Å². The van der Waals surface area contributed by atoms with Gasteiger partial charge in [-0.2, -0.15) is 4.31 Å². The highest BCUT2D eigenvalue weighted by molar-refractivity contribution is 7.89. The molecule has 0 bridgehead atoms. The summed E-state index contributed by atoms with van der Waals surface area (Å²) in [4.78, 5) is 2.33. The number of rotatable bonds is 2. The van der Waals surface area contributed by atoms with Crippen LogP contribution in [0.1, 0.15) is 6.42 Å². The maximum absolute atomic E-state index is 12.4. The molecule has 0 aromatic heterocycles. The van der Waals surface area contributed by atoms with Gasteiger partial charge in [-0.15, -0.1) is 0 Å². The smallest absolute Gasteiger partial charge is 0.245 e. The first-order valence-corrected chi connectivity index (χ1v) is 7.03. The number of likely N-dealkylation sites (N-methyl/N-ethyl adjacent to an activating group) is 1. The van der Waals surface area contributed by atoms with Gasteiger partial charge in [0.2, 0.25) is 10.0 Å². The van der Waals surface area contributed by atoms with Crippen molar-refractivity contribution in [3.05, 3.63) is 42.6 Å². The molecule has 1 aromatic carbocycles. The van der Waals surface area contributed by atoms with E-state index in [1.165, 1.54) is 0 Å². The number of fused-ring (bicyclic) bond motifs is 1. The maximum Gasteiger partial charge on any atom is 0.245 e. The standard InChI is InChI=1S/C12H14N2O2S/c1-13-9-5-8-11-12(13)14(11)17(15,16)10-6-3-2-4-7-10/h2-7,9,11-12H,8H2,1H3/t11-,12-,14?/m1/s1. The van der Waals surface area contributed by atoms with Crippen molar-refractivity contribution in [3.8, 4) is 0 Å². The minimum atomic E-state index is -3.33. The molecule has 3 atom stereocenters. The second kappa shape index (κ2) is 3.58. The molecule has 2 aliphatic rings. The van der Waals surface area contributed by atoms with Crippen molar-refractivity contribution in [1.29, 1.82) is 0 Å². The third-order valence-corrected chi connectivity index (χ3v) is 5.21. The summed E-state index contributed by atoms with van der Waals surface area (Å²) in [5.74, 6) is 0. The summed E-state index contributed by atoms with van der Waals surface area (Å²) in [6, 6.07) is 8.72. The SMILES string of the molecule is CN1C=CC[C@@H]2[C@H]1N2S(=O)(=O)c1ccccc1. The number of hydrogen-bond acceptors (Lipinski definition) is 3. The largest absolute Gasteiger partial charge is 0.363 e. The van der Waals surface area contributed by atoms with Gasteiger partial charge in [0.25, 0.3) is 0 Å². The quantitative estimate of drug-likeness (QED) is 0.741. The van der Waals surface area contributed by atoms with Crippen LogP contribution in [0, 0.1) is 0 Å². The molecule has 90 valence electrons. The number of benzene rings is 1. The van der Waals surface area contributed by atoms with Gasteiger partial charge in [-0.3, -0.25) is 0 Å². The molecular weight excluding hydrogens is 236 g/mol. The summed E-state index contributed by atoms with van der Waals surface area (Å²) < 4.78 is 26.3. The Morgan fingerprint density at radius 3 is 2.59 bits per heavy atom. The molecule has 2 aliphatic heterocycles. The Balaban J connectivity index is 1.93. The number of sulfonamides is 1. The average molecular weight is 250 g/mol. The Kier molecular flexibility index (Phi) is 2.27. The molecule has 0 N–H and O–H groups in total. The van der Waals surface area contributed by atoms with Crippen LogP contribution >= 0.6 is 0 Å². The van der Waals surface area contributed by atoms with Crippen LogP contribution in [0.25, 0.3) is 0 Å². The van der Waals surface area contributed by atoms with Crippen LogP contribution in [0.15, 0.2) is 47.5 Å². The Morgan fingerprint density at radius 2 is 1.94 bits per heavy atom. The summed E-state index contributed by atoms with van der Waals surface area (Å²) >= 11 is 0. The van der Waals surface area contributed by atoms with E-state index in [1.807, 2.05) is 30.3 Å². The van der Waals surface area contributed by atoms with Crippen LogP contribution in [-0.2, 0) is 10.0 Å². The molecule has 0 radical (unpaired) electrons. The van der Waals surface area contributed by atoms with E-state index >= 15 is 0 Å². The van der Waals surface area contributed by atoms with Gasteiger partial charge >= 0.3 is 0 Å². The van der Waals surface area contributed by atoms with Crippen LogP contribution in [0.2, 0.25) is 0 Å². The number of hydrogen-bond donors (Lipinski definition) is 0. The fraction of sp³-hybridized carbons (Fsp3) is 0.333.